The molecule has 2 aliphatic carbocycles. The minimum Gasteiger partial charge on any atom is -0.468 e. The van der Waals surface area contributed by atoms with Gasteiger partial charge in [0.05, 0.1) is 24.1 Å². The Balaban J connectivity index is 1.82. The Bertz CT molecular complexity index is 949. The molecule has 1 atom stereocenters. The average molecular weight is 399 g/mol. The highest BCUT2D eigenvalue weighted by Gasteiger charge is 2.44. The number of fused-ring (bicyclic) bond motifs is 3. The van der Waals surface area contributed by atoms with Crippen molar-refractivity contribution < 1.29 is 9.53 Å². The SMILES string of the molecule is COC(=O)CSc1nc2c(c(=O)[nH]1)C(C)(C1CCCCC1)Cc1ccccc1-2. The molecule has 1 saturated carbocycles. The van der Waals surface area contributed by atoms with Crippen molar-refractivity contribution in [3.63, 3.8) is 0 Å². The molecule has 1 unspecified atom stereocenters. The molecule has 4 rings (SSSR count). The van der Waals surface area contributed by atoms with Crippen LogP contribution >= 0.6 is 11.8 Å². The maximum absolute atomic E-state index is 13.2. The van der Waals surface area contributed by atoms with Crippen LogP contribution < -0.4 is 5.56 Å². The van der Waals surface area contributed by atoms with E-state index < -0.39 is 0 Å². The summed E-state index contributed by atoms with van der Waals surface area (Å²) < 4.78 is 4.70. The maximum Gasteiger partial charge on any atom is 0.316 e. The standard InChI is InChI=1S/C22H26N2O3S/c1-22(15-9-4-3-5-10-15)12-14-8-6-7-11-16(14)19-18(22)20(26)24-21(23-19)28-13-17(25)27-2/h6-8,11,15H,3-5,9-10,12-13H2,1-2H3,(H,23,24,26). The van der Waals surface area contributed by atoms with Crippen molar-refractivity contribution in [3.8, 4) is 11.3 Å². The van der Waals surface area contributed by atoms with Gasteiger partial charge >= 0.3 is 5.97 Å². The molecule has 0 spiro atoms. The van der Waals surface area contributed by atoms with Crippen molar-refractivity contribution in [2.75, 3.05) is 12.9 Å². The van der Waals surface area contributed by atoms with E-state index in [1.807, 2.05) is 6.07 Å². The molecule has 1 heterocycles. The summed E-state index contributed by atoms with van der Waals surface area (Å²) in [7, 11) is 1.36. The van der Waals surface area contributed by atoms with Crippen molar-refractivity contribution in [1.82, 2.24) is 9.97 Å². The summed E-state index contributed by atoms with van der Waals surface area (Å²) in [6.45, 7) is 2.25. The van der Waals surface area contributed by atoms with Gasteiger partial charge in [-0.2, -0.15) is 0 Å². The highest BCUT2D eigenvalue weighted by molar-refractivity contribution is 7.99. The van der Waals surface area contributed by atoms with Crippen LogP contribution in [0.2, 0.25) is 0 Å². The van der Waals surface area contributed by atoms with E-state index in [1.165, 1.54) is 43.7 Å². The molecule has 0 bridgehead atoms. The van der Waals surface area contributed by atoms with Crippen LogP contribution in [0.3, 0.4) is 0 Å². The number of ether oxygens (including phenoxy) is 1. The van der Waals surface area contributed by atoms with E-state index >= 15 is 0 Å². The summed E-state index contributed by atoms with van der Waals surface area (Å²) in [6.07, 6.45) is 6.95. The van der Waals surface area contributed by atoms with E-state index in [9.17, 15) is 9.59 Å². The minimum absolute atomic E-state index is 0.0695. The fraction of sp³-hybridized carbons (Fsp3) is 0.500. The van der Waals surface area contributed by atoms with Crippen LogP contribution in [0.1, 0.15) is 50.2 Å². The number of hydrogen-bond acceptors (Lipinski definition) is 5. The Labute approximate surface area is 169 Å². The number of aromatic amines is 1. The van der Waals surface area contributed by atoms with Gasteiger partial charge in [0.2, 0.25) is 0 Å². The van der Waals surface area contributed by atoms with Gasteiger partial charge < -0.3 is 9.72 Å². The summed E-state index contributed by atoms with van der Waals surface area (Å²) in [4.78, 5) is 32.5. The first-order chi connectivity index (χ1) is 13.5. The minimum atomic E-state index is -0.335. The normalized spacial score (nSPS) is 21.6. The van der Waals surface area contributed by atoms with Crippen LogP contribution in [0.5, 0.6) is 0 Å². The Hall–Kier alpha value is -2.08. The molecule has 0 radical (unpaired) electrons. The van der Waals surface area contributed by atoms with Crippen LogP contribution in [-0.2, 0) is 21.4 Å². The van der Waals surface area contributed by atoms with E-state index in [-0.39, 0.29) is 22.7 Å². The second-order valence-corrected chi connectivity index (χ2v) is 9.01. The number of methoxy groups -OCH3 is 1. The monoisotopic (exact) mass is 398 g/mol. The number of H-pyrrole nitrogens is 1. The summed E-state index contributed by atoms with van der Waals surface area (Å²) in [5.74, 6) is 0.280. The molecule has 2 aliphatic rings. The highest BCUT2D eigenvalue weighted by atomic mass is 32.2. The molecule has 1 fully saturated rings. The third-order valence-electron chi connectivity index (χ3n) is 6.36. The first kappa shape index (κ1) is 19.2. The number of benzene rings is 1. The molecule has 6 heteroatoms. The van der Waals surface area contributed by atoms with Crippen LogP contribution in [0.25, 0.3) is 11.3 Å². The summed E-state index contributed by atoms with van der Waals surface area (Å²) in [5.41, 5.74) is 3.62. The van der Waals surface area contributed by atoms with Crippen LogP contribution in [0.4, 0.5) is 0 Å². The van der Waals surface area contributed by atoms with E-state index in [2.05, 4.69) is 30.1 Å². The largest absolute Gasteiger partial charge is 0.468 e. The molecular formula is C22H26N2O3S. The zero-order chi connectivity index (χ0) is 19.7. The van der Waals surface area contributed by atoms with Gasteiger partial charge in [0.1, 0.15) is 0 Å². The van der Waals surface area contributed by atoms with Gasteiger partial charge in [0.15, 0.2) is 5.16 Å². The lowest BCUT2D eigenvalue weighted by Gasteiger charge is -2.43. The fourth-order valence-electron chi connectivity index (χ4n) is 4.91. The van der Waals surface area contributed by atoms with Gasteiger partial charge in [-0.05, 0) is 30.7 Å². The van der Waals surface area contributed by atoms with E-state index in [1.54, 1.807) is 0 Å². The number of nitrogens with zero attached hydrogens (tertiary/aromatic N) is 1. The number of carbonyl (C=O) groups excluding carboxylic acids is 1. The van der Waals surface area contributed by atoms with E-state index in [0.29, 0.717) is 11.1 Å². The van der Waals surface area contributed by atoms with E-state index in [4.69, 9.17) is 9.72 Å². The molecular weight excluding hydrogens is 372 g/mol. The maximum atomic E-state index is 13.2. The number of rotatable bonds is 4. The van der Waals surface area contributed by atoms with E-state index in [0.717, 1.165) is 36.1 Å². The molecule has 2 aromatic rings. The van der Waals surface area contributed by atoms with Gasteiger partial charge in [-0.15, -0.1) is 0 Å². The number of esters is 1. The first-order valence-electron chi connectivity index (χ1n) is 9.95. The predicted molar refractivity (Wildman–Crippen MR) is 111 cm³/mol. The van der Waals surface area contributed by atoms with Gasteiger partial charge in [0.25, 0.3) is 5.56 Å². The average Bonchev–Trinajstić information content (AvgIpc) is 2.72. The molecule has 0 saturated heterocycles. The quantitative estimate of drug-likeness (QED) is 0.477. The Kier molecular flexibility index (Phi) is 5.32. The zero-order valence-electron chi connectivity index (χ0n) is 16.4. The molecule has 148 valence electrons. The lowest BCUT2D eigenvalue weighted by atomic mass is 9.60. The predicted octanol–water partition coefficient (Wildman–Crippen LogP) is 4.10. The van der Waals surface area contributed by atoms with Crippen LogP contribution in [0.15, 0.2) is 34.2 Å². The smallest absolute Gasteiger partial charge is 0.316 e. The molecule has 1 aromatic carbocycles. The molecule has 0 aliphatic heterocycles. The topological polar surface area (TPSA) is 72.0 Å². The second kappa shape index (κ2) is 7.74. The Morgan fingerprint density at radius 3 is 2.79 bits per heavy atom. The molecule has 1 aromatic heterocycles. The third kappa shape index (κ3) is 3.39. The van der Waals surface area contributed by atoms with Gasteiger partial charge in [-0.3, -0.25) is 9.59 Å². The van der Waals surface area contributed by atoms with Gasteiger partial charge in [0, 0.05) is 11.0 Å². The zero-order valence-corrected chi connectivity index (χ0v) is 17.2. The summed E-state index contributed by atoms with van der Waals surface area (Å²) in [5, 5.41) is 0.469. The van der Waals surface area contributed by atoms with Crippen molar-refractivity contribution in [2.45, 2.75) is 56.0 Å². The van der Waals surface area contributed by atoms with Crippen molar-refractivity contribution in [1.29, 1.82) is 0 Å². The number of aromatic nitrogens is 2. The Morgan fingerprint density at radius 1 is 1.29 bits per heavy atom. The lowest BCUT2D eigenvalue weighted by molar-refractivity contribution is -0.137. The van der Waals surface area contributed by atoms with Crippen LogP contribution in [0, 0.1) is 5.92 Å². The molecule has 28 heavy (non-hydrogen) atoms. The summed E-state index contributed by atoms with van der Waals surface area (Å²) >= 11 is 1.21. The number of carbonyl (C=O) groups is 1. The fourth-order valence-corrected chi connectivity index (χ4v) is 5.60. The van der Waals surface area contributed by atoms with Gasteiger partial charge in [-0.1, -0.05) is 62.2 Å². The third-order valence-corrected chi connectivity index (χ3v) is 7.21. The molecule has 1 N–H and O–H groups in total. The lowest BCUT2D eigenvalue weighted by Crippen LogP contribution is -2.43. The molecule has 0 amide bonds. The highest BCUT2D eigenvalue weighted by Crippen LogP contribution is 2.48. The number of thioether (sulfide) groups is 1. The van der Waals surface area contributed by atoms with Crippen LogP contribution in [-0.4, -0.2) is 28.8 Å². The number of nitrogens with one attached hydrogen (secondary N) is 1. The van der Waals surface area contributed by atoms with Crippen molar-refractivity contribution in [2.24, 2.45) is 5.92 Å². The Morgan fingerprint density at radius 2 is 2.04 bits per heavy atom. The first-order valence-corrected chi connectivity index (χ1v) is 10.9. The molecule has 5 nitrogen and oxygen atoms in total. The summed E-state index contributed by atoms with van der Waals surface area (Å²) in [6, 6.07) is 8.26. The van der Waals surface area contributed by atoms with Crippen molar-refractivity contribution in [3.05, 3.63) is 45.7 Å². The number of hydrogen-bond donors (Lipinski definition) is 1. The van der Waals surface area contributed by atoms with Gasteiger partial charge in [-0.25, -0.2) is 4.98 Å². The second-order valence-electron chi connectivity index (χ2n) is 8.05. The van der Waals surface area contributed by atoms with Crippen molar-refractivity contribution >= 4 is 17.7 Å².